The Hall–Kier alpha value is -1.04. The van der Waals surface area contributed by atoms with Gasteiger partial charge in [0.25, 0.3) is 0 Å². The highest BCUT2D eigenvalue weighted by atomic mass is 16.6. The average molecular weight is 168 g/mol. The minimum Gasteiger partial charge on any atom is -0.459 e. The summed E-state index contributed by atoms with van der Waals surface area (Å²) in [6.45, 7) is 6.97. The minimum atomic E-state index is -0.666. The third-order valence-electron chi connectivity index (χ3n) is 1.28. The summed E-state index contributed by atoms with van der Waals surface area (Å²) in [7, 11) is 0. The molecule has 0 fully saturated rings. The van der Waals surface area contributed by atoms with Crippen LogP contribution in [0.1, 0.15) is 33.1 Å². The maximum atomic E-state index is 11.0. The second-order valence-corrected chi connectivity index (χ2v) is 3.17. The first-order valence-electron chi connectivity index (χ1n) is 3.90. The van der Waals surface area contributed by atoms with Gasteiger partial charge in [-0.2, -0.15) is 5.26 Å². The van der Waals surface area contributed by atoms with E-state index in [0.717, 1.165) is 0 Å². The van der Waals surface area contributed by atoms with E-state index < -0.39 is 5.60 Å². The third kappa shape index (κ3) is 4.73. The van der Waals surface area contributed by atoms with Crippen molar-refractivity contribution in [1.82, 2.24) is 0 Å². The van der Waals surface area contributed by atoms with Crippen LogP contribution in [0.3, 0.4) is 0 Å². The number of hydrogen-bond acceptors (Lipinski definition) is 3. The summed E-state index contributed by atoms with van der Waals surface area (Å²) in [6, 6.07) is 1.96. The Morgan fingerprint density at radius 2 is 2.25 bits per heavy atom. The van der Waals surface area contributed by atoms with Crippen molar-refractivity contribution < 1.29 is 9.53 Å². The van der Waals surface area contributed by atoms with Crippen molar-refractivity contribution in [3.8, 4) is 6.07 Å². The Kier molecular flexibility index (Phi) is 4.35. The highest BCUT2D eigenvalue weighted by Gasteiger charge is 2.21. The molecule has 0 amide bonds. The summed E-state index contributed by atoms with van der Waals surface area (Å²) in [6.07, 6.45) is 1.06. The molecular formula is C9H14NO2. The molecule has 1 radical (unpaired) electrons. The molecule has 0 saturated heterocycles. The van der Waals surface area contributed by atoms with E-state index in [0.29, 0.717) is 12.8 Å². The molecule has 12 heavy (non-hydrogen) atoms. The van der Waals surface area contributed by atoms with Gasteiger partial charge in [0.2, 0.25) is 0 Å². The van der Waals surface area contributed by atoms with Gasteiger partial charge in [0, 0.05) is 6.42 Å². The van der Waals surface area contributed by atoms with Gasteiger partial charge in [0.1, 0.15) is 5.60 Å². The van der Waals surface area contributed by atoms with Crippen LogP contribution in [0, 0.1) is 18.3 Å². The van der Waals surface area contributed by atoms with E-state index in [9.17, 15) is 4.79 Å². The fraction of sp³-hybridized carbons (Fsp3) is 0.667. The van der Waals surface area contributed by atoms with Crippen LogP contribution in [0.5, 0.6) is 0 Å². The zero-order valence-electron chi connectivity index (χ0n) is 7.59. The zero-order valence-corrected chi connectivity index (χ0v) is 7.59. The Labute approximate surface area is 73.3 Å². The summed E-state index contributed by atoms with van der Waals surface area (Å²) in [4.78, 5) is 11.0. The van der Waals surface area contributed by atoms with Gasteiger partial charge >= 0.3 is 5.97 Å². The van der Waals surface area contributed by atoms with Crippen LogP contribution in [-0.2, 0) is 9.53 Å². The molecule has 0 spiro atoms. The van der Waals surface area contributed by atoms with Crippen molar-refractivity contribution in [3.63, 3.8) is 0 Å². The SMILES string of the molecule is [CH2]CCC(=O)OC(C)(C)CC#N. The number of esters is 1. The maximum Gasteiger partial charge on any atom is 0.306 e. The Balaban J connectivity index is 3.89. The third-order valence-corrected chi connectivity index (χ3v) is 1.28. The Morgan fingerprint density at radius 3 is 2.67 bits per heavy atom. The molecule has 0 atom stereocenters. The standard InChI is InChI=1S/C9H14NO2/c1-4-5-8(11)12-9(2,3)6-7-10/h1,4-6H2,2-3H3. The number of carbonyl (C=O) groups excluding carboxylic acids is 1. The number of rotatable bonds is 4. The van der Waals surface area contributed by atoms with Crippen LogP contribution in [0.25, 0.3) is 0 Å². The number of ether oxygens (including phenoxy) is 1. The molecule has 0 aromatic carbocycles. The Morgan fingerprint density at radius 1 is 1.67 bits per heavy atom. The molecule has 0 unspecified atom stereocenters. The average Bonchev–Trinajstić information content (AvgIpc) is 1.85. The number of nitrogens with zero attached hydrogens (tertiary/aromatic N) is 1. The quantitative estimate of drug-likeness (QED) is 0.602. The van der Waals surface area contributed by atoms with E-state index in [1.54, 1.807) is 13.8 Å². The van der Waals surface area contributed by atoms with Crippen molar-refractivity contribution >= 4 is 5.97 Å². The van der Waals surface area contributed by atoms with E-state index in [1.165, 1.54) is 0 Å². The largest absolute Gasteiger partial charge is 0.459 e. The number of nitriles is 1. The van der Waals surface area contributed by atoms with Gasteiger partial charge in [-0.1, -0.05) is 6.92 Å². The van der Waals surface area contributed by atoms with Crippen LogP contribution in [-0.4, -0.2) is 11.6 Å². The van der Waals surface area contributed by atoms with E-state index >= 15 is 0 Å². The van der Waals surface area contributed by atoms with Crippen molar-refractivity contribution in [2.45, 2.75) is 38.7 Å². The molecule has 0 aliphatic heterocycles. The van der Waals surface area contributed by atoms with Gasteiger partial charge in [0.05, 0.1) is 12.5 Å². The molecule has 67 valence electrons. The van der Waals surface area contributed by atoms with Gasteiger partial charge in [-0.25, -0.2) is 0 Å². The molecule has 0 rings (SSSR count). The molecule has 3 nitrogen and oxygen atoms in total. The predicted octanol–water partition coefficient (Wildman–Crippen LogP) is 1.84. The van der Waals surface area contributed by atoms with Gasteiger partial charge in [-0.3, -0.25) is 4.79 Å². The predicted molar refractivity (Wildman–Crippen MR) is 45.0 cm³/mol. The van der Waals surface area contributed by atoms with Gasteiger partial charge in [0.15, 0.2) is 0 Å². The van der Waals surface area contributed by atoms with Crippen LogP contribution in [0.15, 0.2) is 0 Å². The van der Waals surface area contributed by atoms with Gasteiger partial charge < -0.3 is 4.74 Å². The molecule has 0 heterocycles. The van der Waals surface area contributed by atoms with E-state index in [2.05, 4.69) is 6.92 Å². The fourth-order valence-corrected chi connectivity index (χ4v) is 0.730. The van der Waals surface area contributed by atoms with Crippen molar-refractivity contribution in [3.05, 3.63) is 6.92 Å². The first-order chi connectivity index (χ1) is 5.52. The topological polar surface area (TPSA) is 50.1 Å². The highest BCUT2D eigenvalue weighted by molar-refractivity contribution is 5.69. The smallest absolute Gasteiger partial charge is 0.306 e. The first kappa shape index (κ1) is 11.0. The van der Waals surface area contributed by atoms with Crippen molar-refractivity contribution in [2.24, 2.45) is 0 Å². The molecular weight excluding hydrogens is 154 g/mol. The van der Waals surface area contributed by atoms with E-state index in [4.69, 9.17) is 10.00 Å². The van der Waals surface area contributed by atoms with E-state index in [-0.39, 0.29) is 12.4 Å². The van der Waals surface area contributed by atoms with Crippen LogP contribution >= 0.6 is 0 Å². The lowest BCUT2D eigenvalue weighted by Crippen LogP contribution is -2.27. The van der Waals surface area contributed by atoms with E-state index in [1.807, 2.05) is 6.07 Å². The molecule has 3 heteroatoms. The summed E-state index contributed by atoms with van der Waals surface area (Å²) in [5.74, 6) is -0.287. The first-order valence-corrected chi connectivity index (χ1v) is 3.90. The van der Waals surface area contributed by atoms with Crippen LogP contribution in [0.2, 0.25) is 0 Å². The molecule has 0 saturated carbocycles. The summed E-state index contributed by atoms with van der Waals surface area (Å²) >= 11 is 0. The molecule has 0 aliphatic rings. The second kappa shape index (κ2) is 4.76. The lowest BCUT2D eigenvalue weighted by Gasteiger charge is -2.21. The highest BCUT2D eigenvalue weighted by Crippen LogP contribution is 2.14. The second-order valence-electron chi connectivity index (χ2n) is 3.17. The summed E-state index contributed by atoms with van der Waals surface area (Å²) in [5, 5.41) is 8.39. The molecule has 0 aromatic heterocycles. The number of hydrogen-bond donors (Lipinski definition) is 0. The summed E-state index contributed by atoms with van der Waals surface area (Å²) < 4.78 is 5.02. The van der Waals surface area contributed by atoms with Crippen LogP contribution in [0.4, 0.5) is 0 Å². The zero-order chi connectivity index (χ0) is 9.61. The Bertz CT molecular complexity index is 191. The van der Waals surface area contributed by atoms with Gasteiger partial charge in [-0.15, -0.1) is 0 Å². The lowest BCUT2D eigenvalue weighted by atomic mass is 10.1. The van der Waals surface area contributed by atoms with Gasteiger partial charge in [-0.05, 0) is 20.3 Å². The minimum absolute atomic E-state index is 0.218. The molecule has 0 N–H and O–H groups in total. The molecule has 0 bridgehead atoms. The lowest BCUT2D eigenvalue weighted by molar-refractivity contribution is -0.155. The number of carbonyl (C=O) groups is 1. The fourth-order valence-electron chi connectivity index (χ4n) is 0.730. The van der Waals surface area contributed by atoms with Crippen molar-refractivity contribution in [1.29, 1.82) is 5.26 Å². The summed E-state index contributed by atoms with van der Waals surface area (Å²) in [5.41, 5.74) is -0.666. The normalized spacial score (nSPS) is 10.5. The van der Waals surface area contributed by atoms with Crippen LogP contribution < -0.4 is 0 Å². The molecule has 0 aliphatic carbocycles. The molecule has 0 aromatic rings. The van der Waals surface area contributed by atoms with Crippen molar-refractivity contribution in [2.75, 3.05) is 0 Å². The monoisotopic (exact) mass is 168 g/mol. The maximum absolute atomic E-state index is 11.0.